The largest absolute Gasteiger partial charge is 0.396 e. The predicted octanol–water partition coefficient (Wildman–Crippen LogP) is 0.935. The number of rotatable bonds is 2. The Labute approximate surface area is 82.3 Å². The average molecular weight is 192 g/mol. The molecule has 0 spiro atoms. The summed E-state index contributed by atoms with van der Waals surface area (Å²) in [6, 6.07) is 9.37. The SMILES string of the molecule is O=C1[C@H](CO)CO[C@H]1c1ccccc1. The molecule has 1 aromatic carbocycles. The number of carbonyl (C=O) groups is 1. The summed E-state index contributed by atoms with van der Waals surface area (Å²) in [5.41, 5.74) is 0.869. The van der Waals surface area contributed by atoms with Crippen LogP contribution in [0.1, 0.15) is 11.7 Å². The van der Waals surface area contributed by atoms with Gasteiger partial charge in [-0.05, 0) is 5.56 Å². The molecule has 2 atom stereocenters. The molecule has 0 unspecified atom stereocenters. The summed E-state index contributed by atoms with van der Waals surface area (Å²) in [4.78, 5) is 11.7. The monoisotopic (exact) mass is 192 g/mol. The average Bonchev–Trinajstić information content (AvgIpc) is 2.61. The summed E-state index contributed by atoms with van der Waals surface area (Å²) >= 11 is 0. The first kappa shape index (κ1) is 9.37. The second kappa shape index (κ2) is 3.90. The van der Waals surface area contributed by atoms with Gasteiger partial charge in [-0.1, -0.05) is 30.3 Å². The third kappa shape index (κ3) is 1.56. The van der Waals surface area contributed by atoms with E-state index in [9.17, 15) is 4.79 Å². The molecule has 14 heavy (non-hydrogen) atoms. The molecule has 0 radical (unpaired) electrons. The van der Waals surface area contributed by atoms with Crippen LogP contribution in [0.2, 0.25) is 0 Å². The van der Waals surface area contributed by atoms with Crippen molar-refractivity contribution in [3.8, 4) is 0 Å². The summed E-state index contributed by atoms with van der Waals surface area (Å²) in [6.07, 6.45) is -0.478. The van der Waals surface area contributed by atoms with Gasteiger partial charge in [0.25, 0.3) is 0 Å². The first-order chi connectivity index (χ1) is 6.83. The molecule has 3 nitrogen and oxygen atoms in total. The number of benzene rings is 1. The molecule has 1 aromatic rings. The predicted molar refractivity (Wildman–Crippen MR) is 50.7 cm³/mol. The molecule has 0 saturated carbocycles. The summed E-state index contributed by atoms with van der Waals surface area (Å²) in [7, 11) is 0. The Morgan fingerprint density at radius 2 is 2.07 bits per heavy atom. The van der Waals surface area contributed by atoms with Crippen LogP contribution in [0.25, 0.3) is 0 Å². The molecule has 1 fully saturated rings. The summed E-state index contributed by atoms with van der Waals surface area (Å²) < 4.78 is 5.35. The molecule has 1 aliphatic rings. The van der Waals surface area contributed by atoms with Gasteiger partial charge in [0.15, 0.2) is 5.78 Å². The van der Waals surface area contributed by atoms with Crippen LogP contribution in [0.15, 0.2) is 30.3 Å². The van der Waals surface area contributed by atoms with Crippen molar-refractivity contribution in [2.45, 2.75) is 6.10 Å². The highest BCUT2D eigenvalue weighted by molar-refractivity contribution is 5.88. The topological polar surface area (TPSA) is 46.5 Å². The molecule has 1 N–H and O–H groups in total. The third-order valence-corrected chi connectivity index (χ3v) is 2.45. The Hall–Kier alpha value is -1.19. The van der Waals surface area contributed by atoms with Crippen LogP contribution in [0.3, 0.4) is 0 Å². The highest BCUT2D eigenvalue weighted by Gasteiger charge is 2.35. The highest BCUT2D eigenvalue weighted by atomic mass is 16.5. The lowest BCUT2D eigenvalue weighted by molar-refractivity contribution is -0.125. The van der Waals surface area contributed by atoms with Gasteiger partial charge in [0.1, 0.15) is 6.10 Å². The number of aliphatic hydroxyl groups excluding tert-OH is 1. The zero-order chi connectivity index (χ0) is 9.97. The molecular weight excluding hydrogens is 180 g/mol. The van der Waals surface area contributed by atoms with Crippen molar-refractivity contribution in [3.05, 3.63) is 35.9 Å². The van der Waals surface area contributed by atoms with Crippen molar-refractivity contribution >= 4 is 5.78 Å². The molecular formula is C11H12O3. The fourth-order valence-corrected chi connectivity index (χ4v) is 1.62. The highest BCUT2D eigenvalue weighted by Crippen LogP contribution is 2.28. The van der Waals surface area contributed by atoms with E-state index in [1.165, 1.54) is 0 Å². The molecule has 0 amide bonds. The van der Waals surface area contributed by atoms with E-state index in [0.717, 1.165) is 5.56 Å². The number of aliphatic hydroxyl groups is 1. The Kier molecular flexibility index (Phi) is 2.61. The zero-order valence-corrected chi connectivity index (χ0v) is 7.72. The zero-order valence-electron chi connectivity index (χ0n) is 7.72. The Balaban J connectivity index is 2.18. The lowest BCUT2D eigenvalue weighted by Gasteiger charge is -2.07. The first-order valence-electron chi connectivity index (χ1n) is 4.64. The minimum absolute atomic E-state index is 0.0151. The van der Waals surface area contributed by atoms with Crippen LogP contribution in [0.5, 0.6) is 0 Å². The molecule has 0 aliphatic carbocycles. The molecule has 0 aromatic heterocycles. The van der Waals surface area contributed by atoms with Crippen molar-refractivity contribution < 1.29 is 14.6 Å². The van der Waals surface area contributed by atoms with E-state index in [4.69, 9.17) is 9.84 Å². The van der Waals surface area contributed by atoms with Crippen LogP contribution in [0, 0.1) is 5.92 Å². The van der Waals surface area contributed by atoms with Crippen molar-refractivity contribution in [2.24, 2.45) is 5.92 Å². The molecule has 1 saturated heterocycles. The van der Waals surface area contributed by atoms with Gasteiger partial charge in [0.2, 0.25) is 0 Å². The van der Waals surface area contributed by atoms with E-state index < -0.39 is 6.10 Å². The summed E-state index contributed by atoms with van der Waals surface area (Å²) in [6.45, 7) is 0.205. The molecule has 1 heterocycles. The third-order valence-electron chi connectivity index (χ3n) is 2.45. The van der Waals surface area contributed by atoms with E-state index >= 15 is 0 Å². The number of Topliss-reactive ketones (excluding diaryl/α,β-unsaturated/α-hetero) is 1. The van der Waals surface area contributed by atoms with E-state index in [1.807, 2.05) is 30.3 Å². The standard InChI is InChI=1S/C11H12O3/c12-6-9-7-14-11(10(9)13)8-4-2-1-3-5-8/h1-5,9,11-12H,6-7H2/t9-,11+/m1/s1. The number of hydrogen-bond acceptors (Lipinski definition) is 3. The minimum atomic E-state index is -0.478. The van der Waals surface area contributed by atoms with Gasteiger partial charge in [-0.15, -0.1) is 0 Å². The van der Waals surface area contributed by atoms with Gasteiger partial charge in [-0.2, -0.15) is 0 Å². The minimum Gasteiger partial charge on any atom is -0.396 e. The maximum absolute atomic E-state index is 11.7. The van der Waals surface area contributed by atoms with E-state index in [0.29, 0.717) is 6.61 Å². The number of ketones is 1. The Morgan fingerprint density at radius 3 is 2.64 bits per heavy atom. The first-order valence-corrected chi connectivity index (χ1v) is 4.64. The second-order valence-corrected chi connectivity index (χ2v) is 3.41. The van der Waals surface area contributed by atoms with E-state index in [2.05, 4.69) is 0 Å². The van der Waals surface area contributed by atoms with Crippen LogP contribution in [-0.2, 0) is 9.53 Å². The van der Waals surface area contributed by atoms with E-state index in [-0.39, 0.29) is 18.3 Å². The van der Waals surface area contributed by atoms with Gasteiger partial charge in [0.05, 0.1) is 19.1 Å². The maximum atomic E-state index is 11.7. The van der Waals surface area contributed by atoms with Gasteiger partial charge in [-0.3, -0.25) is 4.79 Å². The fourth-order valence-electron chi connectivity index (χ4n) is 1.62. The summed E-state index contributed by atoms with van der Waals surface area (Å²) in [5.74, 6) is -0.362. The molecule has 2 rings (SSSR count). The molecule has 0 bridgehead atoms. The number of carbonyl (C=O) groups excluding carboxylic acids is 1. The van der Waals surface area contributed by atoms with Gasteiger partial charge >= 0.3 is 0 Å². The lowest BCUT2D eigenvalue weighted by Crippen LogP contribution is -2.17. The van der Waals surface area contributed by atoms with Crippen LogP contribution < -0.4 is 0 Å². The van der Waals surface area contributed by atoms with Crippen molar-refractivity contribution in [2.75, 3.05) is 13.2 Å². The van der Waals surface area contributed by atoms with Crippen LogP contribution in [0.4, 0.5) is 0 Å². The fraction of sp³-hybridized carbons (Fsp3) is 0.364. The number of hydrogen-bond donors (Lipinski definition) is 1. The van der Waals surface area contributed by atoms with Crippen molar-refractivity contribution in [1.82, 2.24) is 0 Å². The Morgan fingerprint density at radius 1 is 1.36 bits per heavy atom. The van der Waals surface area contributed by atoms with Gasteiger partial charge < -0.3 is 9.84 Å². The maximum Gasteiger partial charge on any atom is 0.173 e. The second-order valence-electron chi connectivity index (χ2n) is 3.41. The molecule has 74 valence electrons. The molecule has 1 aliphatic heterocycles. The molecule has 3 heteroatoms. The van der Waals surface area contributed by atoms with Crippen molar-refractivity contribution in [1.29, 1.82) is 0 Å². The summed E-state index contributed by atoms with van der Waals surface area (Å²) in [5, 5.41) is 8.90. The lowest BCUT2D eigenvalue weighted by atomic mass is 10.00. The quantitative estimate of drug-likeness (QED) is 0.758. The van der Waals surface area contributed by atoms with Crippen LogP contribution >= 0.6 is 0 Å². The number of ether oxygens (including phenoxy) is 1. The normalized spacial score (nSPS) is 26.8. The van der Waals surface area contributed by atoms with Gasteiger partial charge in [-0.25, -0.2) is 0 Å². The van der Waals surface area contributed by atoms with E-state index in [1.54, 1.807) is 0 Å². The Bertz CT molecular complexity index is 321. The van der Waals surface area contributed by atoms with Crippen LogP contribution in [-0.4, -0.2) is 24.1 Å². The van der Waals surface area contributed by atoms with Crippen molar-refractivity contribution in [3.63, 3.8) is 0 Å². The smallest absolute Gasteiger partial charge is 0.173 e. The van der Waals surface area contributed by atoms with Gasteiger partial charge in [0, 0.05) is 0 Å².